The maximum atomic E-state index is 13.1. The summed E-state index contributed by atoms with van der Waals surface area (Å²) in [6.45, 7) is 2.77. The highest BCUT2D eigenvalue weighted by Crippen LogP contribution is 2.30. The lowest BCUT2D eigenvalue weighted by Gasteiger charge is -2.35. The quantitative estimate of drug-likeness (QED) is 0.638. The molecule has 2 aliphatic heterocycles. The van der Waals surface area contributed by atoms with Gasteiger partial charge in [0, 0.05) is 51.0 Å². The highest BCUT2D eigenvalue weighted by molar-refractivity contribution is 7.86. The van der Waals surface area contributed by atoms with Gasteiger partial charge < -0.3 is 4.90 Å². The zero-order valence-electron chi connectivity index (χ0n) is 18.5. The van der Waals surface area contributed by atoms with Gasteiger partial charge in [-0.2, -0.15) is 35.3 Å². The van der Waals surface area contributed by atoms with E-state index in [1.54, 1.807) is 0 Å². The summed E-state index contributed by atoms with van der Waals surface area (Å²) >= 11 is 0. The summed E-state index contributed by atoms with van der Waals surface area (Å²) in [6, 6.07) is 5.58. The maximum Gasteiger partial charge on any atom is 0.416 e. The summed E-state index contributed by atoms with van der Waals surface area (Å²) in [5.74, 6) is -0.691. The normalized spacial score (nSPS) is 18.4. The number of aromatic nitrogens is 2. The number of carbonyl (C=O) groups is 1. The second-order valence-corrected chi connectivity index (χ2v) is 10.2. The summed E-state index contributed by atoms with van der Waals surface area (Å²) in [6.07, 6.45) is -2.93. The Morgan fingerprint density at radius 2 is 1.59 bits per heavy atom. The van der Waals surface area contributed by atoms with Crippen molar-refractivity contribution < 1.29 is 26.4 Å². The first-order valence-corrected chi connectivity index (χ1v) is 12.2. The van der Waals surface area contributed by atoms with E-state index in [0.29, 0.717) is 13.1 Å². The van der Waals surface area contributed by atoms with Crippen molar-refractivity contribution in [3.63, 3.8) is 0 Å². The molecule has 13 heteroatoms. The number of halogens is 3. The number of nitrogens with zero attached hydrogens (tertiary/aromatic N) is 5. The van der Waals surface area contributed by atoms with Gasteiger partial charge in [-0.3, -0.25) is 9.59 Å². The van der Waals surface area contributed by atoms with Crippen LogP contribution in [0.25, 0.3) is 5.69 Å². The molecular formula is C21H24F3N5O4S. The Labute approximate surface area is 194 Å². The van der Waals surface area contributed by atoms with Gasteiger partial charge in [0.15, 0.2) is 5.69 Å². The minimum absolute atomic E-state index is 0.0582. The van der Waals surface area contributed by atoms with E-state index < -0.39 is 39.0 Å². The van der Waals surface area contributed by atoms with E-state index in [9.17, 15) is 31.2 Å². The average molecular weight is 500 g/mol. The number of benzene rings is 1. The largest absolute Gasteiger partial charge is 0.416 e. The molecule has 1 amide bonds. The molecule has 2 fully saturated rings. The van der Waals surface area contributed by atoms with E-state index in [1.165, 1.54) is 32.6 Å². The highest BCUT2D eigenvalue weighted by atomic mass is 32.2. The molecule has 0 bridgehead atoms. The van der Waals surface area contributed by atoms with Crippen LogP contribution < -0.4 is 5.43 Å². The number of carbonyl (C=O) groups excluding carboxylic acids is 1. The van der Waals surface area contributed by atoms with Crippen LogP contribution in [0, 0.1) is 6.92 Å². The minimum Gasteiger partial charge on any atom is -0.334 e. The van der Waals surface area contributed by atoms with Crippen molar-refractivity contribution in [3.8, 4) is 5.69 Å². The molecule has 2 aromatic rings. The predicted molar refractivity (Wildman–Crippen MR) is 117 cm³/mol. The standard InChI is InChI=1S/C21H24F3N5O4S/c1-15-13-18(30)19(25-29(15)17-6-4-5-16(14-17)21(22,23)24)20(31)26-9-11-28(12-10-26)34(32,33)27-7-2-3-8-27/h4-6,13-14H,2-3,7-12H2,1H3. The lowest BCUT2D eigenvalue weighted by atomic mass is 10.2. The van der Waals surface area contributed by atoms with Crippen LogP contribution in [0.5, 0.6) is 0 Å². The number of hydrogen-bond acceptors (Lipinski definition) is 5. The van der Waals surface area contributed by atoms with E-state index in [1.807, 2.05) is 0 Å². The van der Waals surface area contributed by atoms with Crippen molar-refractivity contribution in [2.24, 2.45) is 0 Å². The first-order valence-electron chi connectivity index (χ1n) is 10.8. The number of aryl methyl sites for hydroxylation is 1. The molecule has 3 heterocycles. The zero-order chi connectivity index (χ0) is 24.7. The molecule has 184 valence electrons. The summed E-state index contributed by atoms with van der Waals surface area (Å²) in [5, 5.41) is 4.08. The Morgan fingerprint density at radius 3 is 2.21 bits per heavy atom. The number of rotatable bonds is 4. The van der Waals surface area contributed by atoms with Crippen LogP contribution in [0.1, 0.15) is 34.6 Å². The monoisotopic (exact) mass is 499 g/mol. The second-order valence-electron chi connectivity index (χ2n) is 8.26. The summed E-state index contributed by atoms with van der Waals surface area (Å²) in [7, 11) is -3.59. The van der Waals surface area contributed by atoms with Gasteiger partial charge in [-0.15, -0.1) is 0 Å². The molecular weight excluding hydrogens is 475 g/mol. The molecule has 1 aromatic carbocycles. The Bertz CT molecular complexity index is 1250. The lowest BCUT2D eigenvalue weighted by Crippen LogP contribution is -2.54. The fraction of sp³-hybridized carbons (Fsp3) is 0.476. The van der Waals surface area contributed by atoms with E-state index in [4.69, 9.17) is 0 Å². The van der Waals surface area contributed by atoms with Gasteiger partial charge in [-0.1, -0.05) is 6.07 Å². The maximum absolute atomic E-state index is 13.1. The van der Waals surface area contributed by atoms with Crippen LogP contribution in [0.3, 0.4) is 0 Å². The van der Waals surface area contributed by atoms with E-state index in [2.05, 4.69) is 5.10 Å². The van der Waals surface area contributed by atoms with Crippen molar-refractivity contribution in [1.82, 2.24) is 23.3 Å². The van der Waals surface area contributed by atoms with E-state index >= 15 is 0 Å². The summed E-state index contributed by atoms with van der Waals surface area (Å²) in [5.41, 5.74) is -1.64. The Hall–Kier alpha value is -2.77. The Kier molecular flexibility index (Phi) is 6.53. The number of hydrogen-bond donors (Lipinski definition) is 0. The van der Waals surface area contributed by atoms with Gasteiger partial charge in [0.05, 0.1) is 11.3 Å². The fourth-order valence-electron chi connectivity index (χ4n) is 4.12. The van der Waals surface area contributed by atoms with Crippen molar-refractivity contribution in [2.75, 3.05) is 39.3 Å². The third-order valence-electron chi connectivity index (χ3n) is 5.97. The predicted octanol–water partition coefficient (Wildman–Crippen LogP) is 1.66. The van der Waals surface area contributed by atoms with E-state index in [0.717, 1.165) is 35.7 Å². The van der Waals surface area contributed by atoms with Crippen LogP contribution in [0.4, 0.5) is 13.2 Å². The second kappa shape index (κ2) is 9.12. The first-order chi connectivity index (χ1) is 16.0. The average Bonchev–Trinajstić information content (AvgIpc) is 3.34. The molecule has 0 radical (unpaired) electrons. The van der Waals surface area contributed by atoms with Crippen molar-refractivity contribution in [1.29, 1.82) is 0 Å². The molecule has 1 aromatic heterocycles. The van der Waals surface area contributed by atoms with Crippen LogP contribution in [-0.2, 0) is 16.4 Å². The molecule has 0 saturated carbocycles. The smallest absolute Gasteiger partial charge is 0.334 e. The number of amides is 1. The van der Waals surface area contributed by atoms with Gasteiger partial charge in [0.1, 0.15) is 0 Å². The molecule has 0 unspecified atom stereocenters. The Balaban J connectivity index is 1.55. The molecule has 4 rings (SSSR count). The van der Waals surface area contributed by atoms with Gasteiger partial charge >= 0.3 is 6.18 Å². The lowest BCUT2D eigenvalue weighted by molar-refractivity contribution is -0.137. The summed E-state index contributed by atoms with van der Waals surface area (Å²) in [4.78, 5) is 26.9. The van der Waals surface area contributed by atoms with Crippen molar-refractivity contribution in [3.05, 3.63) is 57.5 Å². The van der Waals surface area contributed by atoms with Crippen LogP contribution in [0.2, 0.25) is 0 Å². The molecule has 0 spiro atoms. The van der Waals surface area contributed by atoms with E-state index in [-0.39, 0.29) is 37.6 Å². The van der Waals surface area contributed by atoms with Crippen LogP contribution in [-0.4, -0.2) is 76.9 Å². The number of alkyl halides is 3. The Morgan fingerprint density at radius 1 is 0.971 bits per heavy atom. The third kappa shape index (κ3) is 4.72. The highest BCUT2D eigenvalue weighted by Gasteiger charge is 2.35. The molecule has 2 saturated heterocycles. The van der Waals surface area contributed by atoms with Crippen molar-refractivity contribution in [2.45, 2.75) is 25.9 Å². The van der Waals surface area contributed by atoms with Crippen LogP contribution in [0.15, 0.2) is 35.1 Å². The molecule has 0 aliphatic carbocycles. The number of piperazine rings is 1. The SMILES string of the molecule is Cc1cc(=O)c(C(=O)N2CCN(S(=O)(=O)N3CCCC3)CC2)nn1-c1cccc(C(F)(F)F)c1. The molecule has 0 atom stereocenters. The van der Waals surface area contributed by atoms with Crippen LogP contribution >= 0.6 is 0 Å². The van der Waals surface area contributed by atoms with Crippen molar-refractivity contribution >= 4 is 16.1 Å². The molecule has 9 nitrogen and oxygen atoms in total. The molecule has 0 N–H and O–H groups in total. The molecule has 34 heavy (non-hydrogen) atoms. The van der Waals surface area contributed by atoms with Gasteiger partial charge in [-0.25, -0.2) is 4.68 Å². The fourth-order valence-corrected chi connectivity index (χ4v) is 5.80. The molecule has 2 aliphatic rings. The first kappa shape index (κ1) is 24.4. The van der Waals surface area contributed by atoms with Gasteiger partial charge in [0.2, 0.25) is 5.43 Å². The summed E-state index contributed by atoms with van der Waals surface area (Å²) < 4.78 is 68.7. The van der Waals surface area contributed by atoms with Gasteiger partial charge in [0.25, 0.3) is 16.1 Å². The third-order valence-corrected chi connectivity index (χ3v) is 8.01. The minimum atomic E-state index is -4.56. The topological polar surface area (TPSA) is 95.8 Å². The zero-order valence-corrected chi connectivity index (χ0v) is 19.3. The van der Waals surface area contributed by atoms with Gasteiger partial charge in [-0.05, 0) is 38.0 Å².